The topological polar surface area (TPSA) is 72.2 Å². The van der Waals surface area contributed by atoms with Crippen molar-refractivity contribution in [2.45, 2.75) is 37.1 Å². The largest absolute Gasteiger partial charge is 0.326 e. The van der Waals surface area contributed by atoms with E-state index in [-0.39, 0.29) is 12.0 Å². The van der Waals surface area contributed by atoms with Crippen LogP contribution in [0.3, 0.4) is 0 Å². The Kier molecular flexibility index (Phi) is 3.01. The molecule has 0 unspecified atom stereocenters. The van der Waals surface area contributed by atoms with Crippen molar-refractivity contribution in [3.05, 3.63) is 16.3 Å². The fourth-order valence-electron chi connectivity index (χ4n) is 2.62. The number of hydrogen-bond acceptors (Lipinski definition) is 4. The summed E-state index contributed by atoms with van der Waals surface area (Å²) in [6.07, 6.45) is 4.89. The molecule has 100 valence electrons. The van der Waals surface area contributed by atoms with Crippen LogP contribution in [0.5, 0.6) is 0 Å². The third-order valence-electron chi connectivity index (χ3n) is 4.13. The second kappa shape index (κ2) is 4.30. The Bertz CT molecular complexity index is 542. The summed E-state index contributed by atoms with van der Waals surface area (Å²) in [6, 6.07) is 1.64. The van der Waals surface area contributed by atoms with Crippen LogP contribution in [0.2, 0.25) is 0 Å². The van der Waals surface area contributed by atoms with Crippen LogP contribution in [-0.4, -0.2) is 15.0 Å². The van der Waals surface area contributed by atoms with Gasteiger partial charge in [0.25, 0.3) is 0 Å². The maximum atomic E-state index is 12.2. The minimum absolute atomic E-state index is 0.279. The summed E-state index contributed by atoms with van der Waals surface area (Å²) >= 11 is 1.40. The fraction of sp³-hybridized carbons (Fsp3) is 0.667. The molecule has 0 spiro atoms. The molecule has 1 aromatic heterocycles. The molecule has 0 aromatic carbocycles. The lowest BCUT2D eigenvalue weighted by molar-refractivity contribution is 0.432. The number of nitrogens with two attached hydrogens (primary N) is 1. The molecule has 3 rings (SSSR count). The van der Waals surface area contributed by atoms with Gasteiger partial charge in [0.05, 0.1) is 4.90 Å². The van der Waals surface area contributed by atoms with E-state index in [1.807, 2.05) is 0 Å². The first-order valence-corrected chi connectivity index (χ1v) is 8.70. The highest BCUT2D eigenvalue weighted by molar-refractivity contribution is 7.89. The van der Waals surface area contributed by atoms with E-state index in [2.05, 4.69) is 4.72 Å². The Hall–Kier alpha value is -0.430. The highest BCUT2D eigenvalue weighted by Gasteiger charge is 2.53. The van der Waals surface area contributed by atoms with Gasteiger partial charge in [-0.1, -0.05) is 0 Å². The van der Waals surface area contributed by atoms with E-state index in [1.165, 1.54) is 37.0 Å². The minimum Gasteiger partial charge on any atom is -0.326 e. The average Bonchev–Trinajstić information content (AvgIpc) is 3.23. The molecule has 0 amide bonds. The molecule has 2 aliphatic carbocycles. The summed E-state index contributed by atoms with van der Waals surface area (Å²) in [5.41, 5.74) is 5.85. The van der Waals surface area contributed by atoms with Gasteiger partial charge in [-0.15, -0.1) is 11.3 Å². The van der Waals surface area contributed by atoms with Crippen molar-refractivity contribution in [2.24, 2.45) is 17.1 Å². The Morgan fingerprint density at radius 1 is 1.44 bits per heavy atom. The molecule has 1 heterocycles. The summed E-state index contributed by atoms with van der Waals surface area (Å²) in [6.45, 7) is 0.877. The van der Waals surface area contributed by atoms with Crippen molar-refractivity contribution < 1.29 is 8.42 Å². The summed E-state index contributed by atoms with van der Waals surface area (Å²) in [5, 5.41) is 1.78. The maximum Gasteiger partial charge on any atom is 0.241 e. The second-order valence-electron chi connectivity index (χ2n) is 5.37. The van der Waals surface area contributed by atoms with E-state index < -0.39 is 10.0 Å². The normalized spacial score (nSPS) is 22.1. The molecule has 3 N–H and O–H groups in total. The molecule has 0 saturated heterocycles. The first-order valence-electron chi connectivity index (χ1n) is 6.33. The van der Waals surface area contributed by atoms with Crippen molar-refractivity contribution >= 4 is 21.4 Å². The lowest BCUT2D eigenvalue weighted by atomic mass is 10.0. The van der Waals surface area contributed by atoms with Gasteiger partial charge in [0.2, 0.25) is 10.0 Å². The summed E-state index contributed by atoms with van der Waals surface area (Å²) < 4.78 is 27.2. The lowest BCUT2D eigenvalue weighted by Crippen LogP contribution is -2.31. The Morgan fingerprint density at radius 2 is 2.17 bits per heavy atom. The number of sulfonamides is 1. The molecule has 0 radical (unpaired) electrons. The van der Waals surface area contributed by atoms with Crippen molar-refractivity contribution in [3.8, 4) is 0 Å². The SMILES string of the molecule is NCc1sccc1S(=O)(=O)NCC1(C2CC2)CC1. The summed E-state index contributed by atoms with van der Waals surface area (Å²) in [5.74, 6) is 0.761. The molecule has 0 bridgehead atoms. The molecular weight excluding hydrogens is 268 g/mol. The summed E-state index contributed by atoms with van der Waals surface area (Å²) in [4.78, 5) is 1.10. The standard InChI is InChI=1S/C12H18N2O2S2/c13-7-10-11(3-6-17-10)18(15,16)14-8-12(4-5-12)9-1-2-9/h3,6,9,14H,1-2,4-5,7-8,13H2. The molecule has 2 saturated carbocycles. The van der Waals surface area contributed by atoms with Gasteiger partial charge in [-0.2, -0.15) is 0 Å². The van der Waals surface area contributed by atoms with Crippen molar-refractivity contribution in [2.75, 3.05) is 6.54 Å². The van der Waals surface area contributed by atoms with E-state index in [0.29, 0.717) is 11.4 Å². The highest BCUT2D eigenvalue weighted by atomic mass is 32.2. The van der Waals surface area contributed by atoms with Gasteiger partial charge in [-0.05, 0) is 48.5 Å². The lowest BCUT2D eigenvalue weighted by Gasteiger charge is -2.15. The van der Waals surface area contributed by atoms with Gasteiger partial charge >= 0.3 is 0 Å². The Balaban J connectivity index is 1.71. The minimum atomic E-state index is -3.38. The Morgan fingerprint density at radius 3 is 2.72 bits per heavy atom. The number of rotatable bonds is 6. The smallest absolute Gasteiger partial charge is 0.241 e. The molecule has 2 fully saturated rings. The second-order valence-corrected chi connectivity index (χ2v) is 8.11. The van der Waals surface area contributed by atoms with E-state index >= 15 is 0 Å². The van der Waals surface area contributed by atoms with Gasteiger partial charge in [0.15, 0.2) is 0 Å². The molecular formula is C12H18N2O2S2. The van der Waals surface area contributed by atoms with Crippen molar-refractivity contribution in [3.63, 3.8) is 0 Å². The first-order chi connectivity index (χ1) is 8.57. The maximum absolute atomic E-state index is 12.2. The monoisotopic (exact) mass is 286 g/mol. The molecule has 1 aromatic rings. The zero-order valence-corrected chi connectivity index (χ0v) is 11.8. The van der Waals surface area contributed by atoms with E-state index in [4.69, 9.17) is 5.73 Å². The van der Waals surface area contributed by atoms with Crippen LogP contribution < -0.4 is 10.5 Å². The number of thiophene rings is 1. The number of hydrogen-bond donors (Lipinski definition) is 2. The predicted octanol–water partition coefficient (Wildman–Crippen LogP) is 1.68. The summed E-state index contributed by atoms with van der Waals surface area (Å²) in [7, 11) is -3.38. The highest BCUT2D eigenvalue weighted by Crippen LogP contribution is 2.60. The third-order valence-corrected chi connectivity index (χ3v) is 6.69. The quantitative estimate of drug-likeness (QED) is 0.835. The zero-order valence-electron chi connectivity index (χ0n) is 10.2. The van der Waals surface area contributed by atoms with Crippen LogP contribution in [0.4, 0.5) is 0 Å². The molecule has 0 atom stereocenters. The van der Waals surface area contributed by atoms with Gasteiger partial charge in [0.1, 0.15) is 0 Å². The average molecular weight is 286 g/mol. The van der Waals surface area contributed by atoms with Gasteiger partial charge in [-0.25, -0.2) is 13.1 Å². The first kappa shape index (κ1) is 12.6. The van der Waals surface area contributed by atoms with E-state index in [1.54, 1.807) is 11.4 Å². The van der Waals surface area contributed by atoms with Crippen LogP contribution >= 0.6 is 11.3 Å². The third kappa shape index (κ3) is 2.22. The molecule has 6 heteroatoms. The zero-order chi connectivity index (χ0) is 12.8. The van der Waals surface area contributed by atoms with Crippen LogP contribution in [0.15, 0.2) is 16.3 Å². The van der Waals surface area contributed by atoms with E-state index in [0.717, 1.165) is 10.8 Å². The fourth-order valence-corrected chi connectivity index (χ4v) is 5.09. The van der Waals surface area contributed by atoms with E-state index in [9.17, 15) is 8.42 Å². The molecule has 0 aliphatic heterocycles. The molecule has 4 nitrogen and oxygen atoms in total. The van der Waals surface area contributed by atoms with Crippen LogP contribution in [0, 0.1) is 11.3 Å². The predicted molar refractivity (Wildman–Crippen MR) is 71.8 cm³/mol. The van der Waals surface area contributed by atoms with Crippen LogP contribution in [0.1, 0.15) is 30.6 Å². The molecule has 2 aliphatic rings. The number of nitrogens with one attached hydrogen (secondary N) is 1. The Labute approximate surface area is 112 Å². The molecule has 18 heavy (non-hydrogen) atoms. The van der Waals surface area contributed by atoms with Crippen LogP contribution in [-0.2, 0) is 16.6 Å². The van der Waals surface area contributed by atoms with Gasteiger partial charge in [0, 0.05) is 18.0 Å². The van der Waals surface area contributed by atoms with Gasteiger partial charge in [-0.3, -0.25) is 0 Å². The van der Waals surface area contributed by atoms with Crippen molar-refractivity contribution in [1.29, 1.82) is 0 Å². The van der Waals surface area contributed by atoms with Crippen molar-refractivity contribution in [1.82, 2.24) is 4.72 Å². The van der Waals surface area contributed by atoms with Crippen LogP contribution in [0.25, 0.3) is 0 Å². The van der Waals surface area contributed by atoms with Gasteiger partial charge < -0.3 is 5.73 Å².